The Kier molecular flexibility index (Phi) is 4.62. The first-order valence-electron chi connectivity index (χ1n) is 8.39. The minimum Gasteiger partial charge on any atom is -0.497 e. The van der Waals surface area contributed by atoms with Gasteiger partial charge in [-0.15, -0.1) is 0 Å². The molecule has 3 rings (SSSR count). The van der Waals surface area contributed by atoms with Crippen molar-refractivity contribution >= 4 is 5.91 Å². The van der Waals surface area contributed by atoms with Gasteiger partial charge in [0.2, 0.25) is 0 Å². The summed E-state index contributed by atoms with van der Waals surface area (Å²) in [6, 6.07) is 10.1. The van der Waals surface area contributed by atoms with Crippen molar-refractivity contribution in [2.24, 2.45) is 5.73 Å². The second-order valence-electron chi connectivity index (χ2n) is 6.45. The van der Waals surface area contributed by atoms with Gasteiger partial charge >= 0.3 is 0 Å². The van der Waals surface area contributed by atoms with Gasteiger partial charge in [0.25, 0.3) is 5.91 Å². The summed E-state index contributed by atoms with van der Waals surface area (Å²) >= 11 is 0. The molecule has 0 atom stereocenters. The lowest BCUT2D eigenvalue weighted by molar-refractivity contribution is 0.0714. The SMILES string of the molecule is COc1ccc(-n2c(C)cc(C(=O)N3CCC(N)CC3)c2C)cc1. The number of carbonyl (C=O) groups excluding carboxylic acids is 1. The second kappa shape index (κ2) is 6.69. The van der Waals surface area contributed by atoms with E-state index < -0.39 is 0 Å². The van der Waals surface area contributed by atoms with E-state index in [1.165, 1.54) is 0 Å². The average Bonchev–Trinajstić information content (AvgIpc) is 2.89. The molecular formula is C19H25N3O2. The van der Waals surface area contributed by atoms with Crippen LogP contribution in [0.3, 0.4) is 0 Å². The Morgan fingerprint density at radius 1 is 1.17 bits per heavy atom. The van der Waals surface area contributed by atoms with E-state index in [2.05, 4.69) is 4.57 Å². The van der Waals surface area contributed by atoms with Gasteiger partial charge in [0.1, 0.15) is 5.75 Å². The standard InChI is InChI=1S/C19H25N3O2/c1-13-12-18(19(23)21-10-8-15(20)9-11-21)14(2)22(13)16-4-6-17(24-3)7-5-16/h4-7,12,15H,8-11,20H2,1-3H3. The molecule has 0 radical (unpaired) electrons. The quantitative estimate of drug-likeness (QED) is 0.943. The average molecular weight is 327 g/mol. The third-order valence-corrected chi connectivity index (χ3v) is 4.82. The fraction of sp³-hybridized carbons (Fsp3) is 0.421. The first-order valence-corrected chi connectivity index (χ1v) is 8.39. The van der Waals surface area contributed by atoms with Crippen molar-refractivity contribution in [2.45, 2.75) is 32.7 Å². The van der Waals surface area contributed by atoms with Crippen molar-refractivity contribution in [1.29, 1.82) is 0 Å². The Balaban J connectivity index is 1.89. The molecule has 2 N–H and O–H groups in total. The van der Waals surface area contributed by atoms with Gasteiger partial charge in [-0.1, -0.05) is 0 Å². The molecule has 2 heterocycles. The summed E-state index contributed by atoms with van der Waals surface area (Å²) in [7, 11) is 1.66. The molecule has 128 valence electrons. The lowest BCUT2D eigenvalue weighted by Crippen LogP contribution is -2.42. The fourth-order valence-corrected chi connectivity index (χ4v) is 3.38. The van der Waals surface area contributed by atoms with E-state index in [1.807, 2.05) is 49.1 Å². The van der Waals surface area contributed by atoms with E-state index >= 15 is 0 Å². The van der Waals surface area contributed by atoms with Crippen LogP contribution in [0.5, 0.6) is 5.75 Å². The van der Waals surface area contributed by atoms with Crippen molar-refractivity contribution in [2.75, 3.05) is 20.2 Å². The number of hydrogen-bond donors (Lipinski definition) is 1. The second-order valence-corrected chi connectivity index (χ2v) is 6.45. The van der Waals surface area contributed by atoms with Crippen LogP contribution >= 0.6 is 0 Å². The van der Waals surface area contributed by atoms with Gasteiger partial charge in [-0.05, 0) is 57.0 Å². The molecule has 5 heteroatoms. The van der Waals surface area contributed by atoms with Gasteiger partial charge in [-0.25, -0.2) is 0 Å². The number of piperidine rings is 1. The summed E-state index contributed by atoms with van der Waals surface area (Å²) < 4.78 is 7.33. The highest BCUT2D eigenvalue weighted by molar-refractivity contribution is 5.96. The maximum Gasteiger partial charge on any atom is 0.255 e. The van der Waals surface area contributed by atoms with Gasteiger partial charge in [-0.2, -0.15) is 0 Å². The molecule has 1 aromatic heterocycles. The minimum atomic E-state index is 0.106. The molecule has 1 aliphatic rings. The minimum absolute atomic E-state index is 0.106. The predicted octanol–water partition coefficient (Wildman–Crippen LogP) is 2.67. The molecule has 1 fully saturated rings. The largest absolute Gasteiger partial charge is 0.497 e. The number of aromatic nitrogens is 1. The highest BCUT2D eigenvalue weighted by Crippen LogP contribution is 2.24. The van der Waals surface area contributed by atoms with Gasteiger partial charge in [-0.3, -0.25) is 4.79 Å². The van der Waals surface area contributed by atoms with Gasteiger partial charge < -0.3 is 19.9 Å². The van der Waals surface area contributed by atoms with E-state index in [1.54, 1.807) is 7.11 Å². The first kappa shape index (κ1) is 16.6. The van der Waals surface area contributed by atoms with Gasteiger partial charge in [0, 0.05) is 36.2 Å². The van der Waals surface area contributed by atoms with E-state index in [9.17, 15) is 4.79 Å². The van der Waals surface area contributed by atoms with E-state index in [0.29, 0.717) is 0 Å². The molecule has 1 aromatic carbocycles. The van der Waals surface area contributed by atoms with Crippen LogP contribution in [0.4, 0.5) is 0 Å². The number of methoxy groups -OCH3 is 1. The number of ether oxygens (including phenoxy) is 1. The highest BCUT2D eigenvalue weighted by Gasteiger charge is 2.25. The third-order valence-electron chi connectivity index (χ3n) is 4.82. The summed E-state index contributed by atoms with van der Waals surface area (Å²) in [6.45, 7) is 5.51. The van der Waals surface area contributed by atoms with Crippen LogP contribution in [0.1, 0.15) is 34.6 Å². The number of amides is 1. The zero-order valence-corrected chi connectivity index (χ0v) is 14.6. The topological polar surface area (TPSA) is 60.5 Å². The summed E-state index contributed by atoms with van der Waals surface area (Å²) in [4.78, 5) is 14.8. The van der Waals surface area contributed by atoms with Crippen molar-refractivity contribution in [3.63, 3.8) is 0 Å². The number of nitrogens with two attached hydrogens (primary N) is 1. The number of hydrogen-bond acceptors (Lipinski definition) is 3. The molecule has 1 aliphatic heterocycles. The van der Waals surface area contributed by atoms with Crippen LogP contribution in [0.25, 0.3) is 5.69 Å². The summed E-state index contributed by atoms with van der Waals surface area (Å²) in [5, 5.41) is 0. The summed E-state index contributed by atoms with van der Waals surface area (Å²) in [5.41, 5.74) is 9.77. The number of carbonyl (C=O) groups is 1. The number of benzene rings is 1. The van der Waals surface area contributed by atoms with Crippen molar-refractivity contribution in [1.82, 2.24) is 9.47 Å². The molecule has 0 spiro atoms. The molecule has 0 saturated carbocycles. The third kappa shape index (κ3) is 3.04. The summed E-state index contributed by atoms with van der Waals surface area (Å²) in [6.07, 6.45) is 1.76. The Bertz CT molecular complexity index is 726. The van der Waals surface area contributed by atoms with Crippen LogP contribution in [0.2, 0.25) is 0 Å². The molecule has 24 heavy (non-hydrogen) atoms. The number of rotatable bonds is 3. The van der Waals surface area contributed by atoms with Crippen LogP contribution in [-0.2, 0) is 0 Å². The Labute approximate surface area is 143 Å². The Hall–Kier alpha value is -2.27. The number of aryl methyl sites for hydroxylation is 1. The lowest BCUT2D eigenvalue weighted by Gasteiger charge is -2.30. The van der Waals surface area contributed by atoms with Crippen LogP contribution in [0.15, 0.2) is 30.3 Å². The fourth-order valence-electron chi connectivity index (χ4n) is 3.38. The van der Waals surface area contributed by atoms with E-state index in [0.717, 1.165) is 54.3 Å². The zero-order valence-electron chi connectivity index (χ0n) is 14.6. The molecule has 1 saturated heterocycles. The van der Waals surface area contributed by atoms with Crippen molar-refractivity contribution in [3.8, 4) is 11.4 Å². The van der Waals surface area contributed by atoms with E-state index in [-0.39, 0.29) is 11.9 Å². The maximum absolute atomic E-state index is 12.9. The monoisotopic (exact) mass is 327 g/mol. The number of nitrogens with zero attached hydrogens (tertiary/aromatic N) is 2. The van der Waals surface area contributed by atoms with Crippen LogP contribution < -0.4 is 10.5 Å². The number of likely N-dealkylation sites (tertiary alicyclic amines) is 1. The molecule has 0 aliphatic carbocycles. The van der Waals surface area contributed by atoms with Crippen molar-refractivity contribution in [3.05, 3.63) is 47.3 Å². The molecule has 0 unspecified atom stereocenters. The van der Waals surface area contributed by atoms with Crippen LogP contribution in [0, 0.1) is 13.8 Å². The molecule has 0 bridgehead atoms. The highest BCUT2D eigenvalue weighted by atomic mass is 16.5. The lowest BCUT2D eigenvalue weighted by atomic mass is 10.1. The van der Waals surface area contributed by atoms with Crippen LogP contribution in [-0.4, -0.2) is 41.6 Å². The smallest absolute Gasteiger partial charge is 0.255 e. The first-order chi connectivity index (χ1) is 11.5. The maximum atomic E-state index is 12.9. The van der Waals surface area contributed by atoms with Crippen molar-refractivity contribution < 1.29 is 9.53 Å². The van der Waals surface area contributed by atoms with E-state index in [4.69, 9.17) is 10.5 Å². The molecule has 2 aromatic rings. The Morgan fingerprint density at radius 2 is 1.79 bits per heavy atom. The zero-order chi connectivity index (χ0) is 17.3. The summed E-state index contributed by atoms with van der Waals surface area (Å²) in [5.74, 6) is 0.928. The van der Waals surface area contributed by atoms with Gasteiger partial charge in [0.15, 0.2) is 0 Å². The van der Waals surface area contributed by atoms with Gasteiger partial charge in [0.05, 0.1) is 12.7 Å². The normalized spacial score (nSPS) is 15.6. The molecule has 1 amide bonds. The Morgan fingerprint density at radius 3 is 2.38 bits per heavy atom. The predicted molar refractivity (Wildman–Crippen MR) is 94.9 cm³/mol. The molecule has 5 nitrogen and oxygen atoms in total. The molecular weight excluding hydrogens is 302 g/mol.